The van der Waals surface area contributed by atoms with Crippen LogP contribution in [0.2, 0.25) is 0 Å². The summed E-state index contributed by atoms with van der Waals surface area (Å²) in [5.41, 5.74) is 2.15. The zero-order valence-corrected chi connectivity index (χ0v) is 22.2. The van der Waals surface area contributed by atoms with E-state index in [0.29, 0.717) is 41.5 Å². The van der Waals surface area contributed by atoms with Crippen LogP contribution < -0.4 is 10.3 Å². The van der Waals surface area contributed by atoms with E-state index >= 15 is 0 Å². The van der Waals surface area contributed by atoms with Gasteiger partial charge in [-0.05, 0) is 69.0 Å². The van der Waals surface area contributed by atoms with Gasteiger partial charge in [0.15, 0.2) is 5.60 Å². The SMILES string of the molecule is CC[C@@]1(O)C(=O)OCc2c1cc1n(c2=O)Cc2cc3c(CN(C)C)c(Oc4ccc(C(=O)O)cc4)ccc3nc2-1. The first-order valence-electron chi connectivity index (χ1n) is 12.9. The van der Waals surface area contributed by atoms with E-state index in [4.69, 9.17) is 14.5 Å². The van der Waals surface area contributed by atoms with Crippen molar-refractivity contribution in [2.24, 2.45) is 0 Å². The molecule has 0 amide bonds. The van der Waals surface area contributed by atoms with E-state index in [0.717, 1.165) is 16.5 Å². The number of aliphatic hydroxyl groups is 1. The quantitative estimate of drug-likeness (QED) is 0.309. The third kappa shape index (κ3) is 3.95. The van der Waals surface area contributed by atoms with E-state index in [1.54, 1.807) is 29.7 Å². The summed E-state index contributed by atoms with van der Waals surface area (Å²) in [5, 5.41) is 21.2. The number of cyclic esters (lactones) is 1. The zero-order chi connectivity index (χ0) is 28.3. The molecule has 0 radical (unpaired) electrons. The number of carboxylic acids is 1. The molecule has 6 rings (SSSR count). The van der Waals surface area contributed by atoms with Crippen LogP contribution in [0.25, 0.3) is 22.3 Å². The Kier molecular flexibility index (Phi) is 5.97. The molecule has 2 N–H and O–H groups in total. The molecule has 0 saturated carbocycles. The molecule has 204 valence electrons. The van der Waals surface area contributed by atoms with Gasteiger partial charge in [-0.25, -0.2) is 14.6 Å². The van der Waals surface area contributed by atoms with Crippen molar-refractivity contribution in [1.29, 1.82) is 0 Å². The van der Waals surface area contributed by atoms with Crippen LogP contribution in [-0.2, 0) is 34.8 Å². The van der Waals surface area contributed by atoms with Gasteiger partial charge in [0, 0.05) is 28.6 Å². The Labute approximate surface area is 229 Å². The summed E-state index contributed by atoms with van der Waals surface area (Å²) in [6, 6.07) is 13.6. The molecular weight excluding hydrogens is 514 g/mol. The molecule has 40 heavy (non-hydrogen) atoms. The largest absolute Gasteiger partial charge is 0.478 e. The summed E-state index contributed by atoms with van der Waals surface area (Å²) in [5.74, 6) is -0.652. The standard InChI is InChI=1S/C30H27N3O7/c1-4-30(38)22-12-24-26-17(13-33(24)27(34)21(22)15-39-29(30)37)11-19-20(14-32(2)3)25(10-9-23(19)31-26)40-18-7-5-16(6-8-18)28(35)36/h5-12,38H,4,13-15H2,1-3H3,(H,35,36)/t30-/m0/s1. The minimum atomic E-state index is -1.88. The third-order valence-electron chi connectivity index (χ3n) is 7.56. The maximum atomic E-state index is 13.5. The van der Waals surface area contributed by atoms with Crippen LogP contribution in [0, 0.1) is 0 Å². The predicted molar refractivity (Wildman–Crippen MR) is 145 cm³/mol. The van der Waals surface area contributed by atoms with E-state index < -0.39 is 17.5 Å². The fourth-order valence-corrected chi connectivity index (χ4v) is 5.46. The lowest BCUT2D eigenvalue weighted by Gasteiger charge is -2.31. The molecule has 4 heterocycles. The Morgan fingerprint density at radius 3 is 2.58 bits per heavy atom. The molecule has 1 atom stereocenters. The highest BCUT2D eigenvalue weighted by molar-refractivity contribution is 5.90. The molecular formula is C30H27N3O7. The van der Waals surface area contributed by atoms with Crippen LogP contribution in [-0.4, -0.2) is 50.7 Å². The number of ether oxygens (including phenoxy) is 2. The number of carbonyl (C=O) groups excluding carboxylic acids is 1. The Hall–Kier alpha value is -4.54. The van der Waals surface area contributed by atoms with E-state index in [-0.39, 0.29) is 35.3 Å². The smallest absolute Gasteiger partial charge is 0.343 e. The highest BCUT2D eigenvalue weighted by Crippen LogP contribution is 2.40. The third-order valence-corrected chi connectivity index (χ3v) is 7.56. The minimum Gasteiger partial charge on any atom is -0.478 e. The number of aromatic nitrogens is 2. The van der Waals surface area contributed by atoms with Gasteiger partial charge in [0.25, 0.3) is 5.56 Å². The number of aromatic carboxylic acids is 1. The van der Waals surface area contributed by atoms with Crippen molar-refractivity contribution in [3.63, 3.8) is 0 Å². The summed E-state index contributed by atoms with van der Waals surface area (Å²) in [4.78, 5) is 44.1. The van der Waals surface area contributed by atoms with E-state index in [1.165, 1.54) is 12.1 Å². The number of nitrogens with zero attached hydrogens (tertiary/aromatic N) is 3. The van der Waals surface area contributed by atoms with Crippen LogP contribution in [0.5, 0.6) is 11.5 Å². The van der Waals surface area contributed by atoms with Gasteiger partial charge >= 0.3 is 11.9 Å². The second-order valence-electron chi connectivity index (χ2n) is 10.4. The lowest BCUT2D eigenvalue weighted by atomic mass is 9.86. The fraction of sp³-hybridized carbons (Fsp3) is 0.267. The van der Waals surface area contributed by atoms with E-state index in [9.17, 15) is 24.6 Å². The van der Waals surface area contributed by atoms with E-state index in [2.05, 4.69) is 0 Å². The Balaban J connectivity index is 1.47. The number of hydrogen-bond acceptors (Lipinski definition) is 8. The van der Waals surface area contributed by atoms with Gasteiger partial charge in [-0.1, -0.05) is 6.92 Å². The molecule has 0 unspecified atom stereocenters. The van der Waals surface area contributed by atoms with Crippen molar-refractivity contribution in [1.82, 2.24) is 14.5 Å². The van der Waals surface area contributed by atoms with Crippen molar-refractivity contribution in [3.05, 3.63) is 86.7 Å². The Morgan fingerprint density at radius 2 is 1.90 bits per heavy atom. The Morgan fingerprint density at radius 1 is 1.15 bits per heavy atom. The molecule has 2 aromatic heterocycles. The van der Waals surface area contributed by atoms with Crippen molar-refractivity contribution < 1.29 is 29.3 Å². The molecule has 0 saturated heterocycles. The van der Waals surface area contributed by atoms with Gasteiger partial charge in [-0.3, -0.25) is 4.79 Å². The van der Waals surface area contributed by atoms with Gasteiger partial charge < -0.3 is 29.2 Å². The maximum Gasteiger partial charge on any atom is 0.343 e. The highest BCUT2D eigenvalue weighted by atomic mass is 16.6. The number of carboxylic acid groups (broad SMARTS) is 1. The number of hydrogen-bond donors (Lipinski definition) is 2. The maximum absolute atomic E-state index is 13.5. The molecule has 0 fully saturated rings. The molecule has 0 aliphatic carbocycles. The summed E-state index contributed by atoms with van der Waals surface area (Å²) in [7, 11) is 3.90. The molecule has 2 aliphatic rings. The van der Waals surface area contributed by atoms with Gasteiger partial charge in [-0.2, -0.15) is 0 Å². The molecule has 10 heteroatoms. The predicted octanol–water partition coefficient (Wildman–Crippen LogP) is 3.63. The number of carbonyl (C=O) groups is 2. The molecule has 10 nitrogen and oxygen atoms in total. The molecule has 0 spiro atoms. The minimum absolute atomic E-state index is 0.0788. The normalized spacial score (nSPS) is 17.4. The first-order chi connectivity index (χ1) is 19.1. The first-order valence-corrected chi connectivity index (χ1v) is 12.9. The molecule has 0 bridgehead atoms. The Bertz CT molecular complexity index is 1780. The van der Waals surface area contributed by atoms with Gasteiger partial charge in [0.05, 0.1) is 34.6 Å². The number of pyridine rings is 2. The number of esters is 1. The summed E-state index contributed by atoms with van der Waals surface area (Å²) in [6.07, 6.45) is 0.0788. The van der Waals surface area contributed by atoms with Crippen molar-refractivity contribution in [2.75, 3.05) is 14.1 Å². The molecule has 2 aliphatic heterocycles. The van der Waals surface area contributed by atoms with Crippen LogP contribution in [0.15, 0.2) is 53.3 Å². The number of fused-ring (bicyclic) bond motifs is 5. The van der Waals surface area contributed by atoms with Crippen LogP contribution in [0.3, 0.4) is 0 Å². The second-order valence-corrected chi connectivity index (χ2v) is 10.4. The highest BCUT2D eigenvalue weighted by Gasteiger charge is 2.45. The fourth-order valence-electron chi connectivity index (χ4n) is 5.46. The average molecular weight is 542 g/mol. The van der Waals surface area contributed by atoms with Crippen molar-refractivity contribution in [3.8, 4) is 22.9 Å². The van der Waals surface area contributed by atoms with Gasteiger partial charge in [-0.15, -0.1) is 0 Å². The first kappa shape index (κ1) is 25.7. The zero-order valence-electron chi connectivity index (χ0n) is 22.2. The lowest BCUT2D eigenvalue weighted by Crippen LogP contribution is -2.44. The summed E-state index contributed by atoms with van der Waals surface area (Å²) >= 11 is 0. The van der Waals surface area contributed by atoms with Crippen LogP contribution in [0.4, 0.5) is 0 Å². The second kappa shape index (κ2) is 9.29. The molecule has 4 aromatic rings. The van der Waals surface area contributed by atoms with Crippen LogP contribution >= 0.6 is 0 Å². The van der Waals surface area contributed by atoms with Crippen molar-refractivity contribution >= 4 is 22.8 Å². The monoisotopic (exact) mass is 541 g/mol. The van der Waals surface area contributed by atoms with Gasteiger partial charge in [0.2, 0.25) is 0 Å². The average Bonchev–Trinajstić information content (AvgIpc) is 3.29. The number of rotatable bonds is 6. The van der Waals surface area contributed by atoms with E-state index in [1.807, 2.05) is 37.2 Å². The lowest BCUT2D eigenvalue weighted by molar-refractivity contribution is -0.172. The molecule has 2 aromatic carbocycles. The van der Waals surface area contributed by atoms with Crippen LogP contribution in [0.1, 0.15) is 46.0 Å². The van der Waals surface area contributed by atoms with Crippen molar-refractivity contribution in [2.45, 2.75) is 38.6 Å². The number of benzene rings is 2. The topological polar surface area (TPSA) is 131 Å². The summed E-state index contributed by atoms with van der Waals surface area (Å²) < 4.78 is 13.0. The van der Waals surface area contributed by atoms with Gasteiger partial charge in [0.1, 0.15) is 18.1 Å². The summed E-state index contributed by atoms with van der Waals surface area (Å²) in [6.45, 7) is 2.34.